The van der Waals surface area contributed by atoms with E-state index in [1.165, 1.54) is 11.3 Å². The highest BCUT2D eigenvalue weighted by atomic mass is 32.1. The first kappa shape index (κ1) is 9.87. The molecule has 15 heavy (non-hydrogen) atoms. The maximum atomic E-state index is 12.0. The van der Waals surface area contributed by atoms with Crippen LogP contribution in [0.25, 0.3) is 6.08 Å². The van der Waals surface area contributed by atoms with E-state index >= 15 is 0 Å². The van der Waals surface area contributed by atoms with Crippen LogP contribution in [0.5, 0.6) is 0 Å². The van der Waals surface area contributed by atoms with Crippen LogP contribution in [0.1, 0.15) is 20.1 Å². The molecule has 0 saturated heterocycles. The number of hydrogen-bond acceptors (Lipinski definition) is 2. The summed E-state index contributed by atoms with van der Waals surface area (Å²) in [7, 11) is 0. The summed E-state index contributed by atoms with van der Waals surface area (Å²) in [5.74, 6) is 0.0775. The van der Waals surface area contributed by atoms with Crippen molar-refractivity contribution in [3.8, 4) is 0 Å². The minimum Gasteiger partial charge on any atom is -0.288 e. The van der Waals surface area contributed by atoms with Crippen LogP contribution in [0.15, 0.2) is 49.0 Å². The van der Waals surface area contributed by atoms with Crippen molar-refractivity contribution < 1.29 is 4.79 Å². The topological polar surface area (TPSA) is 17.1 Å². The lowest BCUT2D eigenvalue weighted by molar-refractivity contribution is 0.104. The Morgan fingerprint density at radius 2 is 1.87 bits per heavy atom. The van der Waals surface area contributed by atoms with Crippen LogP contribution in [0.2, 0.25) is 0 Å². The molecule has 0 unspecified atom stereocenters. The molecule has 0 N–H and O–H groups in total. The Kier molecular flexibility index (Phi) is 2.79. The first-order valence-corrected chi connectivity index (χ1v) is 5.45. The van der Waals surface area contributed by atoms with E-state index < -0.39 is 0 Å². The molecule has 1 heterocycles. The molecule has 0 bridgehead atoms. The second kappa shape index (κ2) is 4.24. The van der Waals surface area contributed by atoms with Crippen molar-refractivity contribution in [1.82, 2.24) is 0 Å². The van der Waals surface area contributed by atoms with Crippen LogP contribution >= 0.6 is 11.3 Å². The number of carbonyl (C=O) groups excluding carboxylic acids is 1. The molecule has 0 aliphatic rings. The summed E-state index contributed by atoms with van der Waals surface area (Å²) in [6.45, 7) is 3.68. The first-order valence-electron chi connectivity index (χ1n) is 4.63. The Balaban J connectivity index is 2.32. The molecule has 0 fully saturated rings. The van der Waals surface area contributed by atoms with Gasteiger partial charge in [0.2, 0.25) is 5.78 Å². The molecule has 0 radical (unpaired) electrons. The number of ketones is 1. The molecular formula is C13H10OS. The smallest absolute Gasteiger partial charge is 0.202 e. The van der Waals surface area contributed by atoms with E-state index in [0.29, 0.717) is 0 Å². The number of hydrogen-bond donors (Lipinski definition) is 0. The van der Waals surface area contributed by atoms with Crippen LogP contribution in [0.3, 0.4) is 0 Å². The summed E-state index contributed by atoms with van der Waals surface area (Å²) in [6.07, 6.45) is 1.76. The van der Waals surface area contributed by atoms with E-state index in [9.17, 15) is 4.79 Å². The molecule has 2 aromatic rings. The largest absolute Gasteiger partial charge is 0.288 e. The Morgan fingerprint density at radius 3 is 2.47 bits per heavy atom. The van der Waals surface area contributed by atoms with Crippen LogP contribution < -0.4 is 0 Å². The highest BCUT2D eigenvalue weighted by Crippen LogP contribution is 2.20. The molecule has 74 valence electrons. The molecule has 0 aliphatic carbocycles. The predicted molar refractivity (Wildman–Crippen MR) is 64.3 cm³/mol. The molecule has 1 aromatic heterocycles. The van der Waals surface area contributed by atoms with Gasteiger partial charge in [-0.25, -0.2) is 0 Å². The van der Waals surface area contributed by atoms with Gasteiger partial charge in [0.15, 0.2) is 0 Å². The van der Waals surface area contributed by atoms with Crippen molar-refractivity contribution in [1.29, 1.82) is 0 Å². The molecule has 1 aromatic carbocycles. The summed E-state index contributed by atoms with van der Waals surface area (Å²) >= 11 is 1.47. The van der Waals surface area contributed by atoms with Gasteiger partial charge >= 0.3 is 0 Å². The van der Waals surface area contributed by atoms with E-state index in [2.05, 4.69) is 6.58 Å². The number of benzene rings is 1. The van der Waals surface area contributed by atoms with Crippen molar-refractivity contribution in [2.75, 3.05) is 0 Å². The highest BCUT2D eigenvalue weighted by Gasteiger charge is 2.09. The van der Waals surface area contributed by atoms with Crippen LogP contribution in [-0.2, 0) is 0 Å². The Hall–Kier alpha value is -1.67. The SMILES string of the molecule is C=Cc1ccc(C(=O)c2ccccc2)s1. The summed E-state index contributed by atoms with van der Waals surface area (Å²) in [4.78, 5) is 13.7. The molecule has 0 saturated carbocycles. The fourth-order valence-corrected chi connectivity index (χ4v) is 2.14. The molecule has 0 amide bonds. The van der Waals surface area contributed by atoms with Gasteiger partial charge in [-0.3, -0.25) is 4.79 Å². The van der Waals surface area contributed by atoms with Crippen molar-refractivity contribution in [2.24, 2.45) is 0 Å². The lowest BCUT2D eigenvalue weighted by Crippen LogP contribution is -1.97. The number of rotatable bonds is 3. The van der Waals surface area contributed by atoms with E-state index in [1.54, 1.807) is 6.08 Å². The molecule has 0 spiro atoms. The summed E-state index contributed by atoms with van der Waals surface area (Å²) in [6, 6.07) is 13.1. The van der Waals surface area contributed by atoms with E-state index in [0.717, 1.165) is 15.3 Å². The van der Waals surface area contributed by atoms with Gasteiger partial charge in [-0.05, 0) is 12.1 Å². The zero-order valence-electron chi connectivity index (χ0n) is 8.14. The monoisotopic (exact) mass is 214 g/mol. The van der Waals surface area contributed by atoms with Crippen molar-refractivity contribution in [3.63, 3.8) is 0 Å². The van der Waals surface area contributed by atoms with Gasteiger partial charge in [0, 0.05) is 10.4 Å². The molecule has 1 nitrogen and oxygen atoms in total. The molecule has 2 heteroatoms. The zero-order chi connectivity index (χ0) is 10.7. The van der Waals surface area contributed by atoms with Gasteiger partial charge in [0.05, 0.1) is 4.88 Å². The van der Waals surface area contributed by atoms with E-state index in [-0.39, 0.29) is 5.78 Å². The first-order chi connectivity index (χ1) is 7.31. The van der Waals surface area contributed by atoms with Gasteiger partial charge in [0.1, 0.15) is 0 Å². The maximum absolute atomic E-state index is 12.0. The Bertz CT molecular complexity index is 482. The average Bonchev–Trinajstić information content (AvgIpc) is 2.78. The fraction of sp³-hybridized carbons (Fsp3) is 0. The summed E-state index contributed by atoms with van der Waals surface area (Å²) in [5.41, 5.74) is 0.731. The van der Waals surface area contributed by atoms with Gasteiger partial charge < -0.3 is 0 Å². The quantitative estimate of drug-likeness (QED) is 0.713. The third-order valence-corrected chi connectivity index (χ3v) is 3.17. The van der Waals surface area contributed by atoms with Crippen LogP contribution in [0, 0.1) is 0 Å². The van der Waals surface area contributed by atoms with Gasteiger partial charge in [0.25, 0.3) is 0 Å². The van der Waals surface area contributed by atoms with Crippen molar-refractivity contribution in [2.45, 2.75) is 0 Å². The normalized spacial score (nSPS) is 9.87. The second-order valence-electron chi connectivity index (χ2n) is 3.10. The molecule has 0 atom stereocenters. The van der Waals surface area contributed by atoms with Gasteiger partial charge in [-0.2, -0.15) is 0 Å². The standard InChI is InChI=1S/C13H10OS/c1-2-11-8-9-12(15-11)13(14)10-6-4-3-5-7-10/h2-9H,1H2. The summed E-state index contributed by atoms with van der Waals surface area (Å²) < 4.78 is 0. The van der Waals surface area contributed by atoms with Gasteiger partial charge in [-0.15, -0.1) is 11.3 Å². The summed E-state index contributed by atoms with van der Waals surface area (Å²) in [5, 5.41) is 0. The molecule has 0 aliphatic heterocycles. The molecular weight excluding hydrogens is 204 g/mol. The minimum absolute atomic E-state index is 0.0775. The maximum Gasteiger partial charge on any atom is 0.202 e. The highest BCUT2D eigenvalue weighted by molar-refractivity contribution is 7.15. The van der Waals surface area contributed by atoms with E-state index in [4.69, 9.17) is 0 Å². The van der Waals surface area contributed by atoms with Crippen molar-refractivity contribution in [3.05, 3.63) is 64.4 Å². The van der Waals surface area contributed by atoms with Gasteiger partial charge in [-0.1, -0.05) is 43.0 Å². The van der Waals surface area contributed by atoms with Crippen LogP contribution in [-0.4, -0.2) is 5.78 Å². The van der Waals surface area contributed by atoms with Crippen LogP contribution in [0.4, 0.5) is 0 Å². The molecule has 2 rings (SSSR count). The lowest BCUT2D eigenvalue weighted by atomic mass is 10.1. The average molecular weight is 214 g/mol. The van der Waals surface area contributed by atoms with Crippen molar-refractivity contribution >= 4 is 23.2 Å². The Labute approximate surface area is 92.7 Å². The third-order valence-electron chi connectivity index (χ3n) is 2.09. The Morgan fingerprint density at radius 1 is 1.13 bits per heavy atom. The third kappa shape index (κ3) is 2.05. The number of thiophene rings is 1. The zero-order valence-corrected chi connectivity index (χ0v) is 8.96. The van der Waals surface area contributed by atoms with E-state index in [1.807, 2.05) is 42.5 Å². The fourth-order valence-electron chi connectivity index (χ4n) is 1.32. The number of carbonyl (C=O) groups is 1. The minimum atomic E-state index is 0.0775. The second-order valence-corrected chi connectivity index (χ2v) is 4.22. The predicted octanol–water partition coefficient (Wildman–Crippen LogP) is 3.62. The lowest BCUT2D eigenvalue weighted by Gasteiger charge is -1.95.